The molecule has 6 heteroatoms. The molecular formula is C17H26N3O3+. The second-order valence-corrected chi connectivity index (χ2v) is 6.91. The monoisotopic (exact) mass is 320 g/mol. The van der Waals surface area contributed by atoms with Crippen LogP contribution >= 0.6 is 0 Å². The number of ether oxygens (including phenoxy) is 1. The van der Waals surface area contributed by atoms with Crippen molar-refractivity contribution in [2.45, 2.75) is 38.8 Å². The van der Waals surface area contributed by atoms with Gasteiger partial charge in [-0.15, -0.1) is 0 Å². The molecule has 0 aliphatic carbocycles. The summed E-state index contributed by atoms with van der Waals surface area (Å²) in [6, 6.07) is 5.62. The molecule has 1 unspecified atom stereocenters. The lowest BCUT2D eigenvalue weighted by atomic mass is 10.1. The van der Waals surface area contributed by atoms with Crippen molar-refractivity contribution in [3.05, 3.63) is 30.0 Å². The van der Waals surface area contributed by atoms with E-state index in [-0.39, 0.29) is 24.5 Å². The Labute approximate surface area is 136 Å². The van der Waals surface area contributed by atoms with Gasteiger partial charge in [-0.2, -0.15) is 0 Å². The van der Waals surface area contributed by atoms with Gasteiger partial charge in [0, 0.05) is 17.1 Å². The number of quaternary nitrogens is 1. The predicted octanol–water partition coefficient (Wildman–Crippen LogP) is 0.297. The zero-order valence-corrected chi connectivity index (χ0v) is 13.9. The maximum atomic E-state index is 11.2. The van der Waals surface area contributed by atoms with E-state index in [1.807, 2.05) is 18.2 Å². The molecule has 0 spiro atoms. The van der Waals surface area contributed by atoms with Crippen LogP contribution in [-0.4, -0.2) is 40.8 Å². The van der Waals surface area contributed by atoms with Crippen LogP contribution in [0, 0.1) is 0 Å². The topological polar surface area (TPSA) is 105 Å². The quantitative estimate of drug-likeness (QED) is 0.589. The Morgan fingerprint density at radius 2 is 2.17 bits per heavy atom. The van der Waals surface area contributed by atoms with Crippen LogP contribution in [0.1, 0.15) is 26.3 Å². The first-order chi connectivity index (χ1) is 10.8. The van der Waals surface area contributed by atoms with Crippen LogP contribution in [0.3, 0.4) is 0 Å². The SMILES string of the molecule is CC(C)(C)[NH2+]CC(O)COc1cccc2[nH]cc(CC(N)=O)c12. The molecule has 1 atom stereocenters. The molecule has 0 saturated heterocycles. The van der Waals surface area contributed by atoms with Crippen LogP contribution in [0.15, 0.2) is 24.4 Å². The minimum Gasteiger partial charge on any atom is -0.490 e. The number of carbonyl (C=O) groups is 1. The van der Waals surface area contributed by atoms with E-state index in [2.05, 4.69) is 31.1 Å². The summed E-state index contributed by atoms with van der Waals surface area (Å²) in [5, 5.41) is 13.0. The van der Waals surface area contributed by atoms with Gasteiger partial charge < -0.3 is 25.9 Å². The van der Waals surface area contributed by atoms with Crippen molar-refractivity contribution < 1.29 is 20.0 Å². The number of nitrogens with one attached hydrogen (secondary N) is 1. The fourth-order valence-corrected chi connectivity index (χ4v) is 2.41. The standard InChI is InChI=1S/C17H25N3O3/c1-17(2,3)20-9-12(21)10-23-14-6-4-5-13-16(14)11(8-19-13)7-15(18)22/h4-6,8,12,19-21H,7,9-10H2,1-3H3,(H2,18,22)/p+1. The second kappa shape index (κ2) is 7.02. The maximum Gasteiger partial charge on any atom is 0.221 e. The van der Waals surface area contributed by atoms with Gasteiger partial charge in [0.1, 0.15) is 25.0 Å². The second-order valence-electron chi connectivity index (χ2n) is 6.91. The van der Waals surface area contributed by atoms with Gasteiger partial charge in [-0.25, -0.2) is 0 Å². The predicted molar refractivity (Wildman–Crippen MR) is 89.2 cm³/mol. The number of rotatable bonds is 7. The van der Waals surface area contributed by atoms with Gasteiger partial charge in [0.15, 0.2) is 0 Å². The number of hydrogen-bond donors (Lipinski definition) is 4. The Hall–Kier alpha value is -2.05. The van der Waals surface area contributed by atoms with Crippen molar-refractivity contribution in [2.24, 2.45) is 5.73 Å². The van der Waals surface area contributed by atoms with E-state index in [4.69, 9.17) is 10.5 Å². The summed E-state index contributed by atoms with van der Waals surface area (Å²) in [5.41, 5.74) is 7.04. The highest BCUT2D eigenvalue weighted by Crippen LogP contribution is 2.29. The molecule has 0 aliphatic rings. The highest BCUT2D eigenvalue weighted by Gasteiger charge is 2.17. The molecule has 1 amide bonds. The molecule has 0 radical (unpaired) electrons. The number of aliphatic hydroxyl groups is 1. The lowest BCUT2D eigenvalue weighted by Crippen LogP contribution is -2.96. The van der Waals surface area contributed by atoms with Gasteiger partial charge in [-0.3, -0.25) is 4.79 Å². The molecule has 0 fully saturated rings. The normalized spacial score (nSPS) is 13.2. The van der Waals surface area contributed by atoms with Gasteiger partial charge in [0.25, 0.3) is 0 Å². The van der Waals surface area contributed by atoms with E-state index in [0.29, 0.717) is 12.3 Å². The van der Waals surface area contributed by atoms with E-state index in [1.165, 1.54) is 0 Å². The molecule has 1 aromatic heterocycles. The molecule has 0 saturated carbocycles. The minimum absolute atomic E-state index is 0.0658. The van der Waals surface area contributed by atoms with Crippen LogP contribution in [0.2, 0.25) is 0 Å². The Kier molecular flexibility index (Phi) is 5.28. The summed E-state index contributed by atoms with van der Waals surface area (Å²) < 4.78 is 5.78. The highest BCUT2D eigenvalue weighted by molar-refractivity contribution is 5.92. The number of aliphatic hydroxyl groups excluding tert-OH is 1. The molecule has 2 rings (SSSR count). The van der Waals surface area contributed by atoms with Gasteiger partial charge in [-0.05, 0) is 38.5 Å². The number of nitrogens with two attached hydrogens (primary N) is 2. The molecule has 126 valence electrons. The molecule has 0 aliphatic heterocycles. The highest BCUT2D eigenvalue weighted by atomic mass is 16.5. The van der Waals surface area contributed by atoms with Crippen molar-refractivity contribution >= 4 is 16.8 Å². The molecular weight excluding hydrogens is 294 g/mol. The summed E-state index contributed by atoms with van der Waals surface area (Å²) >= 11 is 0. The first kappa shape index (κ1) is 17.3. The van der Waals surface area contributed by atoms with Crippen molar-refractivity contribution in [1.29, 1.82) is 0 Å². The Bertz CT molecular complexity index is 673. The Balaban J connectivity index is 2.07. The van der Waals surface area contributed by atoms with Crippen LogP contribution in [0.4, 0.5) is 0 Å². The van der Waals surface area contributed by atoms with Gasteiger partial charge in [0.05, 0.1) is 12.0 Å². The fraction of sp³-hybridized carbons (Fsp3) is 0.471. The van der Waals surface area contributed by atoms with Crippen molar-refractivity contribution in [3.8, 4) is 5.75 Å². The van der Waals surface area contributed by atoms with Crippen LogP contribution in [0.5, 0.6) is 5.75 Å². The number of primary amides is 1. The van der Waals surface area contributed by atoms with Crippen LogP contribution in [0.25, 0.3) is 10.9 Å². The number of carbonyl (C=O) groups excluding carboxylic acids is 1. The van der Waals surface area contributed by atoms with Gasteiger partial charge in [-0.1, -0.05) is 6.07 Å². The van der Waals surface area contributed by atoms with Crippen molar-refractivity contribution in [1.82, 2.24) is 4.98 Å². The molecule has 23 heavy (non-hydrogen) atoms. The average Bonchev–Trinajstić information content (AvgIpc) is 2.85. The van der Waals surface area contributed by atoms with E-state index in [1.54, 1.807) is 6.20 Å². The number of benzene rings is 1. The smallest absolute Gasteiger partial charge is 0.221 e. The molecule has 2 aromatic rings. The van der Waals surface area contributed by atoms with Gasteiger partial charge >= 0.3 is 0 Å². The molecule has 0 bridgehead atoms. The summed E-state index contributed by atoms with van der Waals surface area (Å²) in [6.45, 7) is 7.05. The van der Waals surface area contributed by atoms with E-state index in [9.17, 15) is 9.90 Å². The van der Waals surface area contributed by atoms with Crippen LogP contribution < -0.4 is 15.8 Å². The molecule has 1 aromatic carbocycles. The first-order valence-corrected chi connectivity index (χ1v) is 7.79. The Morgan fingerprint density at radius 3 is 2.83 bits per heavy atom. The number of aromatic amines is 1. The summed E-state index contributed by atoms with van der Waals surface area (Å²) in [7, 11) is 0. The zero-order valence-electron chi connectivity index (χ0n) is 13.9. The summed E-state index contributed by atoms with van der Waals surface area (Å²) in [5.74, 6) is 0.260. The molecule has 6 N–H and O–H groups in total. The van der Waals surface area contributed by atoms with E-state index in [0.717, 1.165) is 16.5 Å². The number of H-pyrrole nitrogens is 1. The van der Waals surface area contributed by atoms with E-state index >= 15 is 0 Å². The lowest BCUT2D eigenvalue weighted by Gasteiger charge is -2.19. The molecule has 1 heterocycles. The Morgan fingerprint density at radius 1 is 1.43 bits per heavy atom. The number of amides is 1. The summed E-state index contributed by atoms with van der Waals surface area (Å²) in [6.07, 6.45) is 1.36. The summed E-state index contributed by atoms with van der Waals surface area (Å²) in [4.78, 5) is 14.3. The third-order valence-electron chi connectivity index (χ3n) is 3.55. The number of hydrogen-bond acceptors (Lipinski definition) is 3. The maximum absolute atomic E-state index is 11.2. The largest absolute Gasteiger partial charge is 0.490 e. The average molecular weight is 320 g/mol. The molecule has 6 nitrogen and oxygen atoms in total. The zero-order chi connectivity index (χ0) is 17.0. The minimum atomic E-state index is -0.567. The number of fused-ring (bicyclic) bond motifs is 1. The fourth-order valence-electron chi connectivity index (χ4n) is 2.41. The third kappa shape index (κ3) is 4.97. The number of aromatic nitrogens is 1. The first-order valence-electron chi connectivity index (χ1n) is 7.79. The van der Waals surface area contributed by atoms with Crippen molar-refractivity contribution in [3.63, 3.8) is 0 Å². The van der Waals surface area contributed by atoms with Crippen molar-refractivity contribution in [2.75, 3.05) is 13.2 Å². The van der Waals surface area contributed by atoms with E-state index < -0.39 is 6.10 Å². The van der Waals surface area contributed by atoms with Crippen LogP contribution in [-0.2, 0) is 11.2 Å². The third-order valence-corrected chi connectivity index (χ3v) is 3.55. The lowest BCUT2D eigenvalue weighted by molar-refractivity contribution is -0.722. The van der Waals surface area contributed by atoms with Gasteiger partial charge in [0.2, 0.25) is 5.91 Å².